The molecular weight excluding hydrogens is 220 g/mol. The minimum absolute atomic E-state index is 0.204. The first kappa shape index (κ1) is 13.3. The van der Waals surface area contributed by atoms with E-state index in [0.717, 1.165) is 11.3 Å². The number of hydrogen-bond donors (Lipinski definition) is 2. The van der Waals surface area contributed by atoms with E-state index < -0.39 is 0 Å². The van der Waals surface area contributed by atoms with Crippen molar-refractivity contribution in [2.75, 3.05) is 27.4 Å². The van der Waals surface area contributed by atoms with Crippen molar-refractivity contribution in [1.82, 2.24) is 10.6 Å². The zero-order valence-electron chi connectivity index (χ0n) is 10.2. The van der Waals surface area contributed by atoms with Crippen molar-refractivity contribution in [2.24, 2.45) is 0 Å². The molecule has 0 spiro atoms. The molecule has 0 bridgehead atoms. The van der Waals surface area contributed by atoms with E-state index in [9.17, 15) is 4.79 Å². The Labute approximate surface area is 101 Å². The van der Waals surface area contributed by atoms with Crippen LogP contribution in [0.15, 0.2) is 24.3 Å². The molecule has 0 aromatic heterocycles. The molecule has 0 fully saturated rings. The summed E-state index contributed by atoms with van der Waals surface area (Å²) in [6.45, 7) is 1.48. The summed E-state index contributed by atoms with van der Waals surface area (Å²) < 4.78 is 9.92. The predicted molar refractivity (Wildman–Crippen MR) is 65.1 cm³/mol. The smallest absolute Gasteiger partial charge is 0.315 e. The molecule has 0 aliphatic carbocycles. The topological polar surface area (TPSA) is 59.6 Å². The first-order valence-electron chi connectivity index (χ1n) is 5.40. The molecule has 0 aliphatic heterocycles. The van der Waals surface area contributed by atoms with Gasteiger partial charge >= 0.3 is 6.03 Å². The van der Waals surface area contributed by atoms with E-state index in [1.54, 1.807) is 14.2 Å². The maximum absolute atomic E-state index is 11.3. The molecule has 2 amide bonds. The zero-order valence-corrected chi connectivity index (χ0v) is 10.2. The highest BCUT2D eigenvalue weighted by atomic mass is 16.5. The number of rotatable bonds is 6. The van der Waals surface area contributed by atoms with Crippen molar-refractivity contribution in [2.45, 2.75) is 6.54 Å². The van der Waals surface area contributed by atoms with Gasteiger partial charge in [0.1, 0.15) is 5.75 Å². The second kappa shape index (κ2) is 7.51. The molecule has 5 nitrogen and oxygen atoms in total. The molecular formula is C12H18N2O3. The quantitative estimate of drug-likeness (QED) is 0.731. The molecule has 1 aromatic rings. The van der Waals surface area contributed by atoms with E-state index >= 15 is 0 Å². The third-order valence-corrected chi connectivity index (χ3v) is 2.18. The number of amides is 2. The van der Waals surface area contributed by atoms with Crippen molar-refractivity contribution in [3.8, 4) is 5.75 Å². The van der Waals surface area contributed by atoms with Gasteiger partial charge in [0.25, 0.3) is 0 Å². The average molecular weight is 238 g/mol. The van der Waals surface area contributed by atoms with Crippen molar-refractivity contribution in [1.29, 1.82) is 0 Å². The largest absolute Gasteiger partial charge is 0.497 e. The average Bonchev–Trinajstić information content (AvgIpc) is 2.37. The summed E-state index contributed by atoms with van der Waals surface area (Å²) in [7, 11) is 3.21. The number of nitrogens with one attached hydrogen (secondary N) is 2. The van der Waals surface area contributed by atoms with E-state index in [1.807, 2.05) is 24.3 Å². The summed E-state index contributed by atoms with van der Waals surface area (Å²) >= 11 is 0. The summed E-state index contributed by atoms with van der Waals surface area (Å²) in [5.41, 5.74) is 0.992. The summed E-state index contributed by atoms with van der Waals surface area (Å²) in [4.78, 5) is 11.3. The molecule has 94 valence electrons. The molecule has 5 heteroatoms. The normalized spacial score (nSPS) is 9.76. The Morgan fingerprint density at radius 2 is 2.12 bits per heavy atom. The SMILES string of the molecule is COCCNC(=O)NCc1cccc(OC)c1. The fraction of sp³-hybridized carbons (Fsp3) is 0.417. The Morgan fingerprint density at radius 3 is 2.82 bits per heavy atom. The second-order valence-corrected chi connectivity index (χ2v) is 3.45. The van der Waals surface area contributed by atoms with E-state index in [1.165, 1.54) is 0 Å². The fourth-order valence-electron chi connectivity index (χ4n) is 1.29. The van der Waals surface area contributed by atoms with Gasteiger partial charge in [-0.1, -0.05) is 12.1 Å². The lowest BCUT2D eigenvalue weighted by molar-refractivity contribution is 0.196. The minimum Gasteiger partial charge on any atom is -0.497 e. The number of ether oxygens (including phenoxy) is 2. The zero-order chi connectivity index (χ0) is 12.5. The number of carbonyl (C=O) groups is 1. The van der Waals surface area contributed by atoms with Crippen LogP contribution in [0.4, 0.5) is 4.79 Å². The van der Waals surface area contributed by atoms with E-state index in [-0.39, 0.29) is 6.03 Å². The third kappa shape index (κ3) is 5.21. The van der Waals surface area contributed by atoms with Gasteiger partial charge in [0.2, 0.25) is 0 Å². The van der Waals surface area contributed by atoms with E-state index in [0.29, 0.717) is 19.7 Å². The monoisotopic (exact) mass is 238 g/mol. The van der Waals surface area contributed by atoms with Crippen LogP contribution in [0.25, 0.3) is 0 Å². The molecule has 0 heterocycles. The van der Waals surface area contributed by atoms with Gasteiger partial charge in [-0.15, -0.1) is 0 Å². The van der Waals surface area contributed by atoms with Gasteiger partial charge in [-0.05, 0) is 17.7 Å². The predicted octanol–water partition coefficient (Wildman–Crippen LogP) is 1.14. The molecule has 1 aromatic carbocycles. The fourth-order valence-corrected chi connectivity index (χ4v) is 1.29. The maximum Gasteiger partial charge on any atom is 0.315 e. The molecule has 2 N–H and O–H groups in total. The Bertz CT molecular complexity index is 355. The molecule has 17 heavy (non-hydrogen) atoms. The van der Waals surface area contributed by atoms with Crippen LogP contribution >= 0.6 is 0 Å². The lowest BCUT2D eigenvalue weighted by Gasteiger charge is -2.08. The van der Waals surface area contributed by atoms with Crippen LogP contribution in [0, 0.1) is 0 Å². The summed E-state index contributed by atoms with van der Waals surface area (Å²) in [6.07, 6.45) is 0. The third-order valence-electron chi connectivity index (χ3n) is 2.18. The summed E-state index contributed by atoms with van der Waals surface area (Å²) in [6, 6.07) is 7.36. The van der Waals surface area contributed by atoms with Gasteiger partial charge in [-0.2, -0.15) is 0 Å². The Morgan fingerprint density at radius 1 is 1.29 bits per heavy atom. The molecule has 0 radical (unpaired) electrons. The highest BCUT2D eigenvalue weighted by Gasteiger charge is 2.00. The van der Waals surface area contributed by atoms with Gasteiger partial charge in [-0.25, -0.2) is 4.79 Å². The van der Waals surface area contributed by atoms with Crippen molar-refractivity contribution >= 4 is 6.03 Å². The van der Waals surface area contributed by atoms with Crippen molar-refractivity contribution < 1.29 is 14.3 Å². The van der Waals surface area contributed by atoms with Gasteiger partial charge in [0, 0.05) is 20.2 Å². The lowest BCUT2D eigenvalue weighted by atomic mass is 10.2. The van der Waals surface area contributed by atoms with Crippen LogP contribution in [0.1, 0.15) is 5.56 Å². The number of methoxy groups -OCH3 is 2. The van der Waals surface area contributed by atoms with Crippen LogP contribution in [0.2, 0.25) is 0 Å². The molecule has 0 atom stereocenters. The first-order chi connectivity index (χ1) is 8.26. The Balaban J connectivity index is 2.31. The Hall–Kier alpha value is -1.75. The van der Waals surface area contributed by atoms with Crippen molar-refractivity contribution in [3.05, 3.63) is 29.8 Å². The maximum atomic E-state index is 11.3. The van der Waals surface area contributed by atoms with Crippen molar-refractivity contribution in [3.63, 3.8) is 0 Å². The number of benzene rings is 1. The molecule has 1 rings (SSSR count). The van der Waals surface area contributed by atoms with Crippen LogP contribution < -0.4 is 15.4 Å². The highest BCUT2D eigenvalue weighted by molar-refractivity contribution is 5.73. The highest BCUT2D eigenvalue weighted by Crippen LogP contribution is 2.11. The molecule has 0 saturated heterocycles. The standard InChI is InChI=1S/C12H18N2O3/c1-16-7-6-13-12(15)14-9-10-4-3-5-11(8-10)17-2/h3-5,8H,6-7,9H2,1-2H3,(H2,13,14,15). The van der Waals surface area contributed by atoms with E-state index in [2.05, 4.69) is 10.6 Å². The number of hydrogen-bond acceptors (Lipinski definition) is 3. The molecule has 0 aliphatic rings. The molecule has 0 saturated carbocycles. The summed E-state index contributed by atoms with van der Waals surface area (Å²) in [5.74, 6) is 0.782. The van der Waals surface area contributed by atoms with Crippen LogP contribution in [-0.2, 0) is 11.3 Å². The lowest BCUT2D eigenvalue weighted by Crippen LogP contribution is -2.36. The second-order valence-electron chi connectivity index (χ2n) is 3.45. The minimum atomic E-state index is -0.204. The summed E-state index contributed by atoms with van der Waals surface area (Å²) in [5, 5.41) is 5.42. The molecule has 0 unspecified atom stereocenters. The first-order valence-corrected chi connectivity index (χ1v) is 5.40. The van der Waals surface area contributed by atoms with Gasteiger partial charge < -0.3 is 20.1 Å². The number of carbonyl (C=O) groups excluding carboxylic acids is 1. The van der Waals surface area contributed by atoms with E-state index in [4.69, 9.17) is 9.47 Å². The van der Waals surface area contributed by atoms with Crippen LogP contribution in [0.3, 0.4) is 0 Å². The van der Waals surface area contributed by atoms with Crippen LogP contribution in [-0.4, -0.2) is 33.4 Å². The number of urea groups is 1. The van der Waals surface area contributed by atoms with Crippen LogP contribution in [0.5, 0.6) is 5.75 Å². The van der Waals surface area contributed by atoms with Gasteiger partial charge in [0.15, 0.2) is 0 Å². The van der Waals surface area contributed by atoms with Gasteiger partial charge in [-0.3, -0.25) is 0 Å². The van der Waals surface area contributed by atoms with Gasteiger partial charge in [0.05, 0.1) is 13.7 Å². The Kier molecular flexibility index (Phi) is 5.88.